The molecule has 0 radical (unpaired) electrons. The zero-order valence-electron chi connectivity index (χ0n) is 29.6. The first-order chi connectivity index (χ1) is 25.1. The van der Waals surface area contributed by atoms with E-state index in [1.54, 1.807) is 35.0 Å². The highest BCUT2D eigenvalue weighted by Gasteiger charge is 2.50. The molecule has 264 valence electrons. The summed E-state index contributed by atoms with van der Waals surface area (Å²) in [5.41, 5.74) is 3.00. The predicted octanol–water partition coefficient (Wildman–Crippen LogP) is 5.85. The molecule has 7 rings (SSSR count). The third kappa shape index (κ3) is 6.78. The van der Waals surface area contributed by atoms with Crippen molar-refractivity contribution in [3.8, 4) is 23.6 Å². The van der Waals surface area contributed by atoms with Crippen molar-refractivity contribution in [2.75, 3.05) is 31.1 Å². The average Bonchev–Trinajstić information content (AvgIpc) is 3.62. The summed E-state index contributed by atoms with van der Waals surface area (Å²) in [5, 5.41) is 3.08. The van der Waals surface area contributed by atoms with Gasteiger partial charge in [-0.15, -0.1) is 6.42 Å². The maximum Gasteiger partial charge on any atom is 0.261 e. The van der Waals surface area contributed by atoms with Gasteiger partial charge in [0.05, 0.1) is 5.69 Å². The third-order valence-corrected chi connectivity index (χ3v) is 16.7. The number of aromatic amines is 1. The maximum atomic E-state index is 14.2. The Morgan fingerprint density at radius 1 is 0.885 bits per heavy atom. The van der Waals surface area contributed by atoms with Crippen LogP contribution in [0.3, 0.4) is 0 Å². The van der Waals surface area contributed by atoms with Crippen molar-refractivity contribution in [2.24, 2.45) is 0 Å². The normalized spacial score (nSPS) is 15.8. The van der Waals surface area contributed by atoms with Crippen LogP contribution in [-0.4, -0.2) is 73.3 Å². The molecular weight excluding hydrogens is 685 g/mol. The van der Waals surface area contributed by atoms with Crippen molar-refractivity contribution >= 4 is 45.6 Å². The standard InChI is InChI=1S/C41H42N6O3SSi/c1-5-31-19-20-38-32(26-31)27-39(45-38)51(48,49)46-23-24-47(40-43-28-33(29-44-40)37-18-12-13-22-42-37)34(30-46)21-25-50-52(41(2,3)4,35-14-8-6-9-15-35)36-16-10-7-11-17-36/h1,6-20,22,26-29,34,45H,21,23-25,30H2,2-4H3. The van der Waals surface area contributed by atoms with Crippen molar-refractivity contribution in [2.45, 2.75) is 43.3 Å². The Labute approximate surface area is 306 Å². The largest absolute Gasteiger partial charge is 0.407 e. The smallest absolute Gasteiger partial charge is 0.261 e. The highest BCUT2D eigenvalue weighted by molar-refractivity contribution is 7.89. The van der Waals surface area contributed by atoms with Crippen LogP contribution in [0, 0.1) is 12.3 Å². The SMILES string of the molecule is C#Cc1ccc2[nH]c(S(=O)(=O)N3CCN(c4ncc(-c5ccccn5)cn4)C(CCO[Si](c4ccccc4)(c4ccccc4)C(C)(C)C)C3)cc2c1. The van der Waals surface area contributed by atoms with E-state index in [-0.39, 0.29) is 29.2 Å². The van der Waals surface area contributed by atoms with Crippen LogP contribution < -0.4 is 15.3 Å². The predicted molar refractivity (Wildman–Crippen MR) is 210 cm³/mol. The van der Waals surface area contributed by atoms with Gasteiger partial charge in [-0.3, -0.25) is 4.98 Å². The minimum atomic E-state index is -3.87. The molecule has 1 aliphatic heterocycles. The van der Waals surface area contributed by atoms with Crippen LogP contribution in [0.5, 0.6) is 0 Å². The molecule has 1 fully saturated rings. The van der Waals surface area contributed by atoms with E-state index in [1.807, 2.05) is 42.5 Å². The average molecular weight is 727 g/mol. The van der Waals surface area contributed by atoms with Gasteiger partial charge in [0.1, 0.15) is 5.03 Å². The number of benzene rings is 3. The Kier molecular flexibility index (Phi) is 9.83. The first-order valence-corrected chi connectivity index (χ1v) is 20.8. The third-order valence-electron chi connectivity index (χ3n) is 9.87. The van der Waals surface area contributed by atoms with Gasteiger partial charge in [-0.1, -0.05) is 93.4 Å². The summed E-state index contributed by atoms with van der Waals surface area (Å²) in [5.74, 6) is 3.17. The second-order valence-electron chi connectivity index (χ2n) is 14.1. The van der Waals surface area contributed by atoms with Crippen LogP contribution in [0.1, 0.15) is 32.8 Å². The quantitative estimate of drug-likeness (QED) is 0.140. The van der Waals surface area contributed by atoms with E-state index in [2.05, 4.69) is 90.1 Å². The van der Waals surface area contributed by atoms with E-state index in [0.717, 1.165) is 16.6 Å². The lowest BCUT2D eigenvalue weighted by atomic mass is 10.1. The van der Waals surface area contributed by atoms with E-state index in [4.69, 9.17) is 20.8 Å². The summed E-state index contributed by atoms with van der Waals surface area (Å²) in [6, 6.07) is 33.6. The topological polar surface area (TPSA) is 104 Å². The number of anilines is 1. The number of pyridine rings is 1. The second kappa shape index (κ2) is 14.5. The number of fused-ring (bicyclic) bond motifs is 1. The molecule has 0 amide bonds. The van der Waals surface area contributed by atoms with Gasteiger partial charge >= 0.3 is 0 Å². The highest BCUT2D eigenvalue weighted by Crippen LogP contribution is 2.37. The number of nitrogens with zero attached hydrogens (tertiary/aromatic N) is 5. The molecule has 4 heterocycles. The van der Waals surface area contributed by atoms with Gasteiger partial charge < -0.3 is 14.3 Å². The van der Waals surface area contributed by atoms with Gasteiger partial charge in [0.15, 0.2) is 0 Å². The van der Waals surface area contributed by atoms with Gasteiger partial charge in [0.25, 0.3) is 18.3 Å². The lowest BCUT2D eigenvalue weighted by Crippen LogP contribution is -2.67. The minimum Gasteiger partial charge on any atom is -0.407 e. The molecule has 6 aromatic rings. The van der Waals surface area contributed by atoms with Crippen molar-refractivity contribution in [1.29, 1.82) is 0 Å². The fraction of sp³-hybridized carbons (Fsp3) is 0.244. The van der Waals surface area contributed by atoms with Crippen LogP contribution in [0.15, 0.2) is 127 Å². The lowest BCUT2D eigenvalue weighted by molar-refractivity contribution is 0.249. The molecule has 1 unspecified atom stereocenters. The number of sulfonamides is 1. The van der Waals surface area contributed by atoms with Crippen molar-refractivity contribution < 1.29 is 12.8 Å². The number of aromatic nitrogens is 4. The number of hydrogen-bond acceptors (Lipinski definition) is 7. The first-order valence-electron chi connectivity index (χ1n) is 17.4. The molecule has 1 saturated heterocycles. The molecule has 1 atom stereocenters. The van der Waals surface area contributed by atoms with Crippen LogP contribution >= 0.6 is 0 Å². The van der Waals surface area contributed by atoms with Gasteiger partial charge in [0, 0.05) is 72.9 Å². The molecule has 0 aliphatic carbocycles. The van der Waals surface area contributed by atoms with Crippen LogP contribution in [0.25, 0.3) is 22.2 Å². The summed E-state index contributed by atoms with van der Waals surface area (Å²) >= 11 is 0. The van der Waals surface area contributed by atoms with Crippen LogP contribution in [0.2, 0.25) is 5.04 Å². The fourth-order valence-corrected chi connectivity index (χ4v) is 13.3. The number of rotatable bonds is 10. The zero-order valence-corrected chi connectivity index (χ0v) is 31.4. The number of nitrogens with one attached hydrogen (secondary N) is 1. The van der Waals surface area contributed by atoms with Gasteiger partial charge in [0.2, 0.25) is 5.95 Å². The van der Waals surface area contributed by atoms with E-state index in [1.165, 1.54) is 10.4 Å². The van der Waals surface area contributed by atoms with E-state index in [9.17, 15) is 8.42 Å². The zero-order chi connectivity index (χ0) is 36.3. The maximum absolute atomic E-state index is 14.2. The molecule has 0 spiro atoms. The summed E-state index contributed by atoms with van der Waals surface area (Å²) in [7, 11) is -6.69. The molecule has 3 aromatic heterocycles. The van der Waals surface area contributed by atoms with Gasteiger partial charge in [-0.05, 0) is 58.2 Å². The minimum absolute atomic E-state index is 0.142. The molecule has 3 aromatic carbocycles. The Morgan fingerprint density at radius 3 is 2.17 bits per heavy atom. The van der Waals surface area contributed by atoms with Gasteiger partial charge in [-0.2, -0.15) is 4.31 Å². The monoisotopic (exact) mass is 726 g/mol. The second-order valence-corrected chi connectivity index (χ2v) is 20.3. The fourth-order valence-electron chi connectivity index (χ4n) is 7.27. The molecule has 0 bridgehead atoms. The molecule has 9 nitrogen and oxygen atoms in total. The van der Waals surface area contributed by atoms with E-state index < -0.39 is 18.3 Å². The molecular formula is C41H42N6O3SSi. The highest BCUT2D eigenvalue weighted by atomic mass is 32.2. The summed E-state index contributed by atoms with van der Waals surface area (Å²) in [6.45, 7) is 8.09. The number of hydrogen-bond donors (Lipinski definition) is 1. The number of piperazine rings is 1. The summed E-state index contributed by atoms with van der Waals surface area (Å²) < 4.78 is 37.3. The summed E-state index contributed by atoms with van der Waals surface area (Å²) in [6.07, 6.45) is 11.5. The number of terminal acetylenes is 1. The van der Waals surface area contributed by atoms with Gasteiger partial charge in [-0.25, -0.2) is 18.4 Å². The Hall–Kier alpha value is -5.12. The molecule has 52 heavy (non-hydrogen) atoms. The van der Waals surface area contributed by atoms with Crippen molar-refractivity contribution in [3.63, 3.8) is 0 Å². The van der Waals surface area contributed by atoms with Crippen LogP contribution in [-0.2, 0) is 14.4 Å². The number of H-pyrrole nitrogens is 1. The summed E-state index contributed by atoms with van der Waals surface area (Å²) in [4.78, 5) is 19.2. The van der Waals surface area contributed by atoms with Crippen LogP contribution in [0.4, 0.5) is 5.95 Å². The molecule has 1 aliphatic rings. The molecule has 1 N–H and O–H groups in total. The Balaban J connectivity index is 1.21. The Morgan fingerprint density at radius 2 is 1.56 bits per heavy atom. The van der Waals surface area contributed by atoms with E-state index in [0.29, 0.717) is 36.6 Å². The van der Waals surface area contributed by atoms with E-state index >= 15 is 0 Å². The lowest BCUT2D eigenvalue weighted by Gasteiger charge is -2.44. The Bertz CT molecular complexity index is 2250. The molecule has 11 heteroatoms. The first kappa shape index (κ1) is 35.3. The van der Waals surface area contributed by atoms with Crippen molar-refractivity contribution in [3.05, 3.63) is 127 Å². The molecule has 0 saturated carbocycles. The van der Waals surface area contributed by atoms with Crippen molar-refractivity contribution in [1.82, 2.24) is 24.2 Å².